The minimum absolute atomic E-state index is 0.102. The summed E-state index contributed by atoms with van der Waals surface area (Å²) in [4.78, 5) is 22.3. The van der Waals surface area contributed by atoms with Gasteiger partial charge in [0.05, 0.1) is 0 Å². The Morgan fingerprint density at radius 1 is 1.05 bits per heavy atom. The van der Waals surface area contributed by atoms with Crippen molar-refractivity contribution in [2.24, 2.45) is 5.92 Å². The summed E-state index contributed by atoms with van der Waals surface area (Å²) in [5.74, 6) is -0.446. The lowest BCUT2D eigenvalue weighted by atomic mass is 10.0. The molecule has 21 heavy (non-hydrogen) atoms. The zero-order valence-corrected chi connectivity index (χ0v) is 13.8. The molecule has 2 unspecified atom stereocenters. The molecule has 5 nitrogen and oxygen atoms in total. The van der Waals surface area contributed by atoms with Gasteiger partial charge >= 0.3 is 12.0 Å². The molecule has 0 aliphatic heterocycles. The second-order valence-corrected chi connectivity index (χ2v) is 5.85. The van der Waals surface area contributed by atoms with Gasteiger partial charge in [-0.3, -0.25) is 4.79 Å². The van der Waals surface area contributed by atoms with E-state index in [2.05, 4.69) is 24.5 Å². The Kier molecular flexibility index (Phi) is 11.7. The first kappa shape index (κ1) is 19.7. The Hall–Kier alpha value is -1.26. The van der Waals surface area contributed by atoms with Crippen LogP contribution in [0.15, 0.2) is 0 Å². The lowest BCUT2D eigenvalue weighted by molar-refractivity contribution is -0.137. The van der Waals surface area contributed by atoms with Crippen molar-refractivity contribution in [3.63, 3.8) is 0 Å². The third kappa shape index (κ3) is 12.2. The first-order valence-corrected chi connectivity index (χ1v) is 8.25. The maximum absolute atomic E-state index is 11.8. The summed E-state index contributed by atoms with van der Waals surface area (Å²) >= 11 is 0. The Bertz CT molecular complexity index is 295. The summed E-state index contributed by atoms with van der Waals surface area (Å²) in [5, 5.41) is 14.5. The van der Waals surface area contributed by atoms with Crippen LogP contribution in [-0.2, 0) is 4.79 Å². The van der Waals surface area contributed by atoms with Crippen LogP contribution in [0.4, 0.5) is 4.79 Å². The van der Waals surface area contributed by atoms with Gasteiger partial charge in [-0.1, -0.05) is 40.0 Å². The topological polar surface area (TPSA) is 78.4 Å². The average Bonchev–Trinajstić information content (AvgIpc) is 2.42. The molecule has 0 aromatic carbocycles. The summed E-state index contributed by atoms with van der Waals surface area (Å²) in [6, 6.07) is 0.161. The van der Waals surface area contributed by atoms with Crippen LogP contribution >= 0.6 is 0 Å². The van der Waals surface area contributed by atoms with Gasteiger partial charge in [0.25, 0.3) is 0 Å². The Labute approximate surface area is 128 Å². The van der Waals surface area contributed by atoms with Crippen LogP contribution in [0.25, 0.3) is 0 Å². The van der Waals surface area contributed by atoms with Gasteiger partial charge in [-0.05, 0) is 31.6 Å². The van der Waals surface area contributed by atoms with Crippen molar-refractivity contribution >= 4 is 12.0 Å². The number of amides is 2. The molecule has 5 heteroatoms. The third-order valence-electron chi connectivity index (χ3n) is 3.65. The number of carboxylic acids is 1. The van der Waals surface area contributed by atoms with Crippen LogP contribution in [0, 0.1) is 5.92 Å². The Morgan fingerprint density at radius 2 is 1.76 bits per heavy atom. The number of unbranched alkanes of at least 4 members (excludes halogenated alkanes) is 1. The molecule has 0 heterocycles. The van der Waals surface area contributed by atoms with Crippen LogP contribution in [0.5, 0.6) is 0 Å². The smallest absolute Gasteiger partial charge is 0.315 e. The monoisotopic (exact) mass is 300 g/mol. The van der Waals surface area contributed by atoms with E-state index in [-0.39, 0.29) is 18.5 Å². The Morgan fingerprint density at radius 3 is 2.33 bits per heavy atom. The van der Waals surface area contributed by atoms with Crippen molar-refractivity contribution in [3.8, 4) is 0 Å². The van der Waals surface area contributed by atoms with E-state index in [1.165, 1.54) is 0 Å². The van der Waals surface area contributed by atoms with E-state index in [1.807, 2.05) is 6.92 Å². The molecule has 0 aromatic heterocycles. The molecular formula is C16H32N2O3. The number of rotatable bonds is 12. The standard InChI is InChI=1S/C16H32N2O3/c1-4-6-8-14(7-5-2)18-16(21)17-12-11-13(3)9-10-15(19)20/h13-14H,4-12H2,1-3H3,(H,19,20)(H2,17,18,21). The fourth-order valence-electron chi connectivity index (χ4n) is 2.27. The predicted octanol–water partition coefficient (Wildman–Crippen LogP) is 3.54. The zero-order valence-electron chi connectivity index (χ0n) is 13.8. The van der Waals surface area contributed by atoms with Crippen LogP contribution in [0.1, 0.15) is 72.1 Å². The van der Waals surface area contributed by atoms with Gasteiger partial charge in [-0.25, -0.2) is 4.79 Å². The van der Waals surface area contributed by atoms with E-state index in [0.29, 0.717) is 18.9 Å². The molecule has 0 saturated carbocycles. The molecular weight excluding hydrogens is 268 g/mol. The maximum atomic E-state index is 11.8. The molecule has 0 rings (SSSR count). The molecule has 124 valence electrons. The molecule has 0 aliphatic carbocycles. The van der Waals surface area contributed by atoms with E-state index in [0.717, 1.165) is 38.5 Å². The molecule has 0 fully saturated rings. The van der Waals surface area contributed by atoms with Crippen LogP contribution < -0.4 is 10.6 Å². The number of nitrogens with one attached hydrogen (secondary N) is 2. The van der Waals surface area contributed by atoms with E-state index in [9.17, 15) is 9.59 Å². The minimum Gasteiger partial charge on any atom is -0.481 e. The first-order chi connectivity index (χ1) is 9.99. The van der Waals surface area contributed by atoms with Gasteiger partial charge in [0.1, 0.15) is 0 Å². The highest BCUT2D eigenvalue weighted by molar-refractivity contribution is 5.74. The van der Waals surface area contributed by atoms with Crippen LogP contribution in [0.3, 0.4) is 0 Å². The molecule has 0 spiro atoms. The first-order valence-electron chi connectivity index (χ1n) is 8.25. The van der Waals surface area contributed by atoms with E-state index < -0.39 is 5.97 Å². The van der Waals surface area contributed by atoms with Crippen LogP contribution in [-0.4, -0.2) is 29.7 Å². The number of urea groups is 1. The lowest BCUT2D eigenvalue weighted by Gasteiger charge is -2.18. The number of carbonyl (C=O) groups excluding carboxylic acids is 1. The number of hydrogen-bond donors (Lipinski definition) is 3. The second kappa shape index (κ2) is 12.5. The largest absolute Gasteiger partial charge is 0.481 e. The molecule has 0 radical (unpaired) electrons. The van der Waals surface area contributed by atoms with Crippen molar-refractivity contribution < 1.29 is 14.7 Å². The maximum Gasteiger partial charge on any atom is 0.315 e. The highest BCUT2D eigenvalue weighted by Gasteiger charge is 2.11. The van der Waals surface area contributed by atoms with Crippen molar-refractivity contribution in [2.75, 3.05) is 6.54 Å². The summed E-state index contributed by atoms with van der Waals surface area (Å²) in [6.45, 7) is 6.90. The molecule has 2 amide bonds. The second-order valence-electron chi connectivity index (χ2n) is 5.85. The van der Waals surface area contributed by atoms with Crippen molar-refractivity contribution in [3.05, 3.63) is 0 Å². The third-order valence-corrected chi connectivity index (χ3v) is 3.65. The number of carboxylic acid groups (broad SMARTS) is 1. The number of aliphatic carboxylic acids is 1. The predicted molar refractivity (Wildman–Crippen MR) is 85.4 cm³/mol. The van der Waals surface area contributed by atoms with Crippen molar-refractivity contribution in [1.82, 2.24) is 10.6 Å². The van der Waals surface area contributed by atoms with Crippen molar-refractivity contribution in [1.29, 1.82) is 0 Å². The molecule has 3 N–H and O–H groups in total. The summed E-state index contributed by atoms with van der Waals surface area (Å²) in [6.07, 6.45) is 7.07. The fraction of sp³-hybridized carbons (Fsp3) is 0.875. The highest BCUT2D eigenvalue weighted by Crippen LogP contribution is 2.09. The number of carbonyl (C=O) groups is 2. The van der Waals surface area contributed by atoms with Gasteiger partial charge in [-0.15, -0.1) is 0 Å². The molecule has 0 bridgehead atoms. The van der Waals surface area contributed by atoms with Gasteiger partial charge in [0.2, 0.25) is 0 Å². The molecule has 2 atom stereocenters. The van der Waals surface area contributed by atoms with Gasteiger partial charge < -0.3 is 15.7 Å². The number of hydrogen-bond acceptors (Lipinski definition) is 2. The van der Waals surface area contributed by atoms with E-state index in [1.54, 1.807) is 0 Å². The average molecular weight is 300 g/mol. The molecule has 0 saturated heterocycles. The van der Waals surface area contributed by atoms with Crippen molar-refractivity contribution in [2.45, 2.75) is 78.2 Å². The zero-order chi connectivity index (χ0) is 16.1. The quantitative estimate of drug-likeness (QED) is 0.516. The Balaban J connectivity index is 3.82. The SMILES string of the molecule is CCCCC(CCC)NC(=O)NCCC(C)CCC(=O)O. The van der Waals surface area contributed by atoms with E-state index >= 15 is 0 Å². The fourth-order valence-corrected chi connectivity index (χ4v) is 2.27. The van der Waals surface area contributed by atoms with Gasteiger partial charge in [0, 0.05) is 19.0 Å². The highest BCUT2D eigenvalue weighted by atomic mass is 16.4. The summed E-state index contributed by atoms with van der Waals surface area (Å²) in [7, 11) is 0. The minimum atomic E-state index is -0.758. The normalized spacial score (nSPS) is 13.5. The summed E-state index contributed by atoms with van der Waals surface area (Å²) < 4.78 is 0. The lowest BCUT2D eigenvalue weighted by Crippen LogP contribution is -2.42. The van der Waals surface area contributed by atoms with Crippen LogP contribution in [0.2, 0.25) is 0 Å². The van der Waals surface area contributed by atoms with Gasteiger partial charge in [0.15, 0.2) is 0 Å². The molecule has 0 aromatic rings. The molecule has 0 aliphatic rings. The van der Waals surface area contributed by atoms with E-state index in [4.69, 9.17) is 5.11 Å². The van der Waals surface area contributed by atoms with Gasteiger partial charge in [-0.2, -0.15) is 0 Å². The summed E-state index contributed by atoms with van der Waals surface area (Å²) in [5.41, 5.74) is 0.